The third-order valence-electron chi connectivity index (χ3n) is 3.36. The number of rotatable bonds is 6. The molecule has 0 fully saturated rings. The van der Waals surface area contributed by atoms with Gasteiger partial charge in [0.2, 0.25) is 0 Å². The van der Waals surface area contributed by atoms with Crippen LogP contribution < -0.4 is 5.32 Å². The molecule has 2 nitrogen and oxygen atoms in total. The van der Waals surface area contributed by atoms with Gasteiger partial charge in [0.25, 0.3) is 0 Å². The van der Waals surface area contributed by atoms with Gasteiger partial charge in [0.15, 0.2) is 0 Å². The van der Waals surface area contributed by atoms with Gasteiger partial charge < -0.3 is 5.32 Å². The Morgan fingerprint density at radius 1 is 1.12 bits per heavy atom. The van der Waals surface area contributed by atoms with Gasteiger partial charge in [0, 0.05) is 24.3 Å². The molecule has 1 N–H and O–H groups in total. The van der Waals surface area contributed by atoms with Crippen LogP contribution in [0.15, 0.2) is 30.3 Å². The van der Waals surface area contributed by atoms with Gasteiger partial charge in [-0.2, -0.15) is 0 Å². The highest BCUT2D eigenvalue weighted by Gasteiger charge is 2.13. The van der Waals surface area contributed by atoms with Crippen LogP contribution >= 0.6 is 0 Å². The Kier molecular flexibility index (Phi) is 5.33. The van der Waals surface area contributed by atoms with Crippen molar-refractivity contribution in [3.8, 4) is 0 Å². The van der Waals surface area contributed by atoms with Crippen molar-refractivity contribution in [2.45, 2.75) is 39.3 Å². The second kappa shape index (κ2) is 6.54. The standard InChI is InChI=1S/C14H24N2/c1-5-12(2)16(4)13(3)11-15-14-9-7-6-8-10-14/h6-10,12-13,15H,5,11H2,1-4H3. The summed E-state index contributed by atoms with van der Waals surface area (Å²) in [6, 6.07) is 11.6. The Hall–Kier alpha value is -1.02. The van der Waals surface area contributed by atoms with Crippen molar-refractivity contribution < 1.29 is 0 Å². The molecule has 2 atom stereocenters. The number of anilines is 1. The van der Waals surface area contributed by atoms with Gasteiger partial charge in [0.05, 0.1) is 0 Å². The second-order valence-corrected chi connectivity index (χ2v) is 4.52. The zero-order chi connectivity index (χ0) is 12.0. The normalized spacial score (nSPS) is 14.8. The van der Waals surface area contributed by atoms with Gasteiger partial charge in [-0.05, 0) is 39.4 Å². The molecule has 1 rings (SSSR count). The lowest BCUT2D eigenvalue weighted by Gasteiger charge is -2.30. The van der Waals surface area contributed by atoms with Crippen LogP contribution in [-0.4, -0.2) is 30.6 Å². The van der Waals surface area contributed by atoms with Crippen LogP contribution in [0, 0.1) is 0 Å². The van der Waals surface area contributed by atoms with Crippen LogP contribution in [-0.2, 0) is 0 Å². The Labute approximate surface area is 99.7 Å². The summed E-state index contributed by atoms with van der Waals surface area (Å²) in [4.78, 5) is 2.43. The Bertz CT molecular complexity index is 284. The highest BCUT2D eigenvalue weighted by molar-refractivity contribution is 5.42. The van der Waals surface area contributed by atoms with E-state index >= 15 is 0 Å². The molecule has 1 aromatic carbocycles. The number of likely N-dealkylation sites (N-methyl/N-ethyl adjacent to an activating group) is 1. The van der Waals surface area contributed by atoms with Crippen LogP contribution in [0.5, 0.6) is 0 Å². The number of nitrogens with one attached hydrogen (secondary N) is 1. The number of hydrogen-bond donors (Lipinski definition) is 1. The van der Waals surface area contributed by atoms with E-state index in [1.165, 1.54) is 12.1 Å². The molecule has 0 saturated carbocycles. The molecule has 2 unspecified atom stereocenters. The molecule has 0 aliphatic rings. The highest BCUT2D eigenvalue weighted by Crippen LogP contribution is 2.09. The van der Waals surface area contributed by atoms with Crippen molar-refractivity contribution in [2.24, 2.45) is 0 Å². The van der Waals surface area contributed by atoms with E-state index in [4.69, 9.17) is 0 Å². The lowest BCUT2D eigenvalue weighted by molar-refractivity contribution is 0.199. The van der Waals surface area contributed by atoms with E-state index in [0.717, 1.165) is 6.54 Å². The van der Waals surface area contributed by atoms with Crippen molar-refractivity contribution in [1.82, 2.24) is 4.90 Å². The van der Waals surface area contributed by atoms with Crippen molar-refractivity contribution in [3.05, 3.63) is 30.3 Å². The summed E-state index contributed by atoms with van der Waals surface area (Å²) in [5, 5.41) is 3.46. The van der Waals surface area contributed by atoms with E-state index in [2.05, 4.69) is 62.3 Å². The molecule has 0 amide bonds. The SMILES string of the molecule is CCC(C)N(C)C(C)CNc1ccccc1. The summed E-state index contributed by atoms with van der Waals surface area (Å²) in [5.41, 5.74) is 1.20. The van der Waals surface area contributed by atoms with E-state index < -0.39 is 0 Å². The first-order valence-corrected chi connectivity index (χ1v) is 6.16. The molecular formula is C14H24N2. The van der Waals surface area contributed by atoms with Crippen LogP contribution in [0.2, 0.25) is 0 Å². The minimum Gasteiger partial charge on any atom is -0.383 e. The number of nitrogens with zero attached hydrogens (tertiary/aromatic N) is 1. The predicted octanol–water partition coefficient (Wildman–Crippen LogP) is 3.22. The fraction of sp³-hybridized carbons (Fsp3) is 0.571. The van der Waals surface area contributed by atoms with Crippen molar-refractivity contribution >= 4 is 5.69 Å². The molecular weight excluding hydrogens is 196 g/mol. The van der Waals surface area contributed by atoms with E-state index in [1.807, 2.05) is 6.07 Å². The van der Waals surface area contributed by atoms with Gasteiger partial charge in [-0.1, -0.05) is 25.1 Å². The second-order valence-electron chi connectivity index (χ2n) is 4.52. The zero-order valence-electron chi connectivity index (χ0n) is 10.9. The van der Waals surface area contributed by atoms with Gasteiger partial charge >= 0.3 is 0 Å². The van der Waals surface area contributed by atoms with E-state index in [0.29, 0.717) is 12.1 Å². The number of hydrogen-bond acceptors (Lipinski definition) is 2. The molecule has 0 aromatic heterocycles. The Balaban J connectivity index is 2.38. The molecule has 0 aliphatic heterocycles. The smallest absolute Gasteiger partial charge is 0.0340 e. The van der Waals surface area contributed by atoms with Crippen LogP contribution in [0.4, 0.5) is 5.69 Å². The monoisotopic (exact) mass is 220 g/mol. The number of benzene rings is 1. The van der Waals surface area contributed by atoms with Crippen molar-refractivity contribution in [3.63, 3.8) is 0 Å². The van der Waals surface area contributed by atoms with Crippen molar-refractivity contribution in [2.75, 3.05) is 18.9 Å². The molecule has 2 heteroatoms. The van der Waals surface area contributed by atoms with E-state index in [9.17, 15) is 0 Å². The van der Waals surface area contributed by atoms with E-state index in [-0.39, 0.29) is 0 Å². The largest absolute Gasteiger partial charge is 0.383 e. The molecule has 90 valence electrons. The third-order valence-corrected chi connectivity index (χ3v) is 3.36. The van der Waals surface area contributed by atoms with Gasteiger partial charge in [-0.15, -0.1) is 0 Å². The Morgan fingerprint density at radius 3 is 2.31 bits per heavy atom. The molecule has 16 heavy (non-hydrogen) atoms. The molecule has 0 spiro atoms. The summed E-state index contributed by atoms with van der Waals surface area (Å²) >= 11 is 0. The summed E-state index contributed by atoms with van der Waals surface area (Å²) in [6.07, 6.45) is 1.20. The summed E-state index contributed by atoms with van der Waals surface area (Å²) in [5.74, 6) is 0. The maximum Gasteiger partial charge on any atom is 0.0340 e. The molecule has 0 bridgehead atoms. The summed E-state index contributed by atoms with van der Waals surface area (Å²) in [6.45, 7) is 7.77. The quantitative estimate of drug-likeness (QED) is 0.792. The first-order valence-electron chi connectivity index (χ1n) is 6.16. The minimum absolute atomic E-state index is 0.551. The zero-order valence-corrected chi connectivity index (χ0v) is 10.9. The van der Waals surface area contributed by atoms with Gasteiger partial charge in [-0.25, -0.2) is 0 Å². The predicted molar refractivity (Wildman–Crippen MR) is 71.9 cm³/mol. The lowest BCUT2D eigenvalue weighted by atomic mass is 10.2. The molecule has 0 radical (unpaired) electrons. The van der Waals surface area contributed by atoms with Gasteiger partial charge in [-0.3, -0.25) is 4.90 Å². The lowest BCUT2D eigenvalue weighted by Crippen LogP contribution is -2.40. The average molecular weight is 220 g/mol. The molecule has 1 aromatic rings. The fourth-order valence-corrected chi connectivity index (χ4v) is 1.69. The van der Waals surface area contributed by atoms with Crippen LogP contribution in [0.3, 0.4) is 0 Å². The highest BCUT2D eigenvalue weighted by atomic mass is 15.2. The van der Waals surface area contributed by atoms with Crippen LogP contribution in [0.1, 0.15) is 27.2 Å². The van der Waals surface area contributed by atoms with E-state index in [1.54, 1.807) is 0 Å². The maximum atomic E-state index is 3.46. The summed E-state index contributed by atoms with van der Waals surface area (Å²) < 4.78 is 0. The Morgan fingerprint density at radius 2 is 1.75 bits per heavy atom. The topological polar surface area (TPSA) is 15.3 Å². The fourth-order valence-electron chi connectivity index (χ4n) is 1.69. The van der Waals surface area contributed by atoms with Gasteiger partial charge in [0.1, 0.15) is 0 Å². The molecule has 0 aliphatic carbocycles. The van der Waals surface area contributed by atoms with Crippen LogP contribution in [0.25, 0.3) is 0 Å². The molecule has 0 heterocycles. The first kappa shape index (κ1) is 13.0. The van der Waals surface area contributed by atoms with Crippen molar-refractivity contribution in [1.29, 1.82) is 0 Å². The first-order chi connectivity index (χ1) is 7.65. The summed E-state index contributed by atoms with van der Waals surface area (Å²) in [7, 11) is 2.20. The third kappa shape index (κ3) is 3.86. The molecule has 0 saturated heterocycles. The number of para-hydroxylation sites is 1. The minimum atomic E-state index is 0.551. The maximum absolute atomic E-state index is 3.46. The average Bonchev–Trinajstić information content (AvgIpc) is 2.35.